The van der Waals surface area contributed by atoms with Gasteiger partial charge < -0.3 is 10.1 Å². The summed E-state index contributed by atoms with van der Waals surface area (Å²) in [6, 6.07) is 7.92. The molecule has 19 heavy (non-hydrogen) atoms. The van der Waals surface area contributed by atoms with E-state index in [9.17, 15) is 4.39 Å². The fourth-order valence-corrected chi connectivity index (χ4v) is 3.16. The van der Waals surface area contributed by atoms with Gasteiger partial charge in [-0.3, -0.25) is 0 Å². The van der Waals surface area contributed by atoms with Gasteiger partial charge in [0.2, 0.25) is 0 Å². The van der Waals surface area contributed by atoms with Crippen LogP contribution in [0.25, 0.3) is 0 Å². The molecule has 2 nitrogen and oxygen atoms in total. The molecule has 0 heterocycles. The Morgan fingerprint density at radius 1 is 1.16 bits per heavy atom. The first-order valence-corrected chi connectivity index (χ1v) is 7.30. The molecule has 0 aromatic heterocycles. The van der Waals surface area contributed by atoms with Crippen LogP contribution in [0.4, 0.5) is 4.39 Å². The number of halogens is 1. The highest BCUT2D eigenvalue weighted by atomic mass is 19.1. The predicted molar refractivity (Wildman–Crippen MR) is 73.4 cm³/mol. The molecule has 3 rings (SSSR count). The Kier molecular flexibility index (Phi) is 3.85. The van der Waals surface area contributed by atoms with Crippen molar-refractivity contribution in [3.05, 3.63) is 35.6 Å². The third kappa shape index (κ3) is 3.15. The largest absolute Gasteiger partial charge is 0.381 e. The van der Waals surface area contributed by atoms with Crippen molar-refractivity contribution in [2.75, 3.05) is 7.11 Å². The first-order valence-electron chi connectivity index (χ1n) is 7.30. The maximum Gasteiger partial charge on any atom is 0.123 e. The van der Waals surface area contributed by atoms with Gasteiger partial charge in [-0.25, -0.2) is 4.39 Å². The van der Waals surface area contributed by atoms with Crippen molar-refractivity contribution in [3.8, 4) is 0 Å². The molecule has 0 aliphatic heterocycles. The van der Waals surface area contributed by atoms with Crippen molar-refractivity contribution in [2.45, 2.75) is 50.3 Å². The summed E-state index contributed by atoms with van der Waals surface area (Å²) in [4.78, 5) is 0. The van der Waals surface area contributed by atoms with Crippen molar-refractivity contribution in [1.82, 2.24) is 5.32 Å². The first kappa shape index (κ1) is 13.1. The van der Waals surface area contributed by atoms with Crippen LogP contribution < -0.4 is 5.32 Å². The molecule has 104 valence electrons. The lowest BCUT2D eigenvalue weighted by Gasteiger charge is -2.23. The van der Waals surface area contributed by atoms with E-state index in [1.165, 1.54) is 24.8 Å². The molecule has 0 saturated heterocycles. The highest BCUT2D eigenvalue weighted by molar-refractivity contribution is 5.22. The van der Waals surface area contributed by atoms with Crippen molar-refractivity contribution in [1.29, 1.82) is 0 Å². The number of nitrogens with one attached hydrogen (secondary N) is 1. The lowest BCUT2D eigenvalue weighted by molar-refractivity contribution is 0.106. The summed E-state index contributed by atoms with van der Waals surface area (Å²) < 4.78 is 18.5. The highest BCUT2D eigenvalue weighted by Gasteiger charge is 2.35. The standard InChI is InChI=1S/C16H22FNO/c1-19-15-9-8-14(10-15)18-16(11-2-3-11)12-4-6-13(17)7-5-12/h4-7,11,14-16,18H,2-3,8-10H2,1H3. The first-order chi connectivity index (χ1) is 9.26. The zero-order valence-electron chi connectivity index (χ0n) is 11.4. The van der Waals surface area contributed by atoms with E-state index in [1.54, 1.807) is 19.2 Å². The number of benzene rings is 1. The Labute approximate surface area is 114 Å². The van der Waals surface area contributed by atoms with Crippen molar-refractivity contribution in [3.63, 3.8) is 0 Å². The van der Waals surface area contributed by atoms with Crippen LogP contribution in [0, 0.1) is 11.7 Å². The lowest BCUT2D eigenvalue weighted by Crippen LogP contribution is -2.32. The molecule has 0 amide bonds. The second-order valence-corrected chi connectivity index (χ2v) is 5.90. The maximum absolute atomic E-state index is 13.0. The number of methoxy groups -OCH3 is 1. The van der Waals surface area contributed by atoms with Gasteiger partial charge in [-0.2, -0.15) is 0 Å². The molecule has 1 aromatic rings. The lowest BCUT2D eigenvalue weighted by atomic mass is 10.0. The third-order valence-corrected chi connectivity index (χ3v) is 4.46. The van der Waals surface area contributed by atoms with E-state index in [2.05, 4.69) is 5.32 Å². The molecular weight excluding hydrogens is 241 g/mol. The van der Waals surface area contributed by atoms with Crippen molar-refractivity contribution < 1.29 is 9.13 Å². The normalized spacial score (nSPS) is 28.5. The van der Waals surface area contributed by atoms with Crippen LogP contribution in [-0.4, -0.2) is 19.3 Å². The Morgan fingerprint density at radius 2 is 1.89 bits per heavy atom. The van der Waals surface area contributed by atoms with Gasteiger partial charge in [0, 0.05) is 19.2 Å². The minimum absolute atomic E-state index is 0.154. The monoisotopic (exact) mass is 263 g/mol. The van der Waals surface area contributed by atoms with Gasteiger partial charge in [-0.15, -0.1) is 0 Å². The molecule has 2 saturated carbocycles. The molecule has 3 heteroatoms. The Balaban J connectivity index is 1.66. The number of ether oxygens (including phenoxy) is 1. The van der Waals surface area contributed by atoms with E-state index in [0.29, 0.717) is 18.2 Å². The smallest absolute Gasteiger partial charge is 0.123 e. The summed E-state index contributed by atoms with van der Waals surface area (Å²) in [7, 11) is 1.80. The van der Waals surface area contributed by atoms with Crippen molar-refractivity contribution >= 4 is 0 Å². The van der Waals surface area contributed by atoms with Gasteiger partial charge >= 0.3 is 0 Å². The van der Waals surface area contributed by atoms with E-state index >= 15 is 0 Å². The Morgan fingerprint density at radius 3 is 2.47 bits per heavy atom. The fourth-order valence-electron chi connectivity index (χ4n) is 3.16. The van der Waals surface area contributed by atoms with E-state index < -0.39 is 0 Å². The summed E-state index contributed by atoms with van der Waals surface area (Å²) in [5, 5.41) is 3.78. The molecule has 1 N–H and O–H groups in total. The SMILES string of the molecule is COC1CCC(NC(c2ccc(F)cc2)C2CC2)C1. The van der Waals surface area contributed by atoms with Crippen LogP contribution in [0.2, 0.25) is 0 Å². The average molecular weight is 263 g/mol. The number of hydrogen-bond acceptors (Lipinski definition) is 2. The second-order valence-electron chi connectivity index (χ2n) is 5.90. The van der Waals surface area contributed by atoms with Crippen molar-refractivity contribution in [2.24, 2.45) is 5.92 Å². The van der Waals surface area contributed by atoms with E-state index in [4.69, 9.17) is 4.74 Å². The van der Waals surface area contributed by atoms with Crippen LogP contribution in [0.3, 0.4) is 0 Å². The van der Waals surface area contributed by atoms with Gasteiger partial charge in [0.15, 0.2) is 0 Å². The highest BCUT2D eigenvalue weighted by Crippen LogP contribution is 2.42. The third-order valence-electron chi connectivity index (χ3n) is 4.46. The van der Waals surface area contributed by atoms with Crippen LogP contribution >= 0.6 is 0 Å². The quantitative estimate of drug-likeness (QED) is 0.878. The predicted octanol–water partition coefficient (Wildman–Crippen LogP) is 3.43. The van der Waals surface area contributed by atoms with Gasteiger partial charge in [0.1, 0.15) is 5.82 Å². The maximum atomic E-state index is 13.0. The van der Waals surface area contributed by atoms with Gasteiger partial charge in [0.05, 0.1) is 6.10 Å². The fraction of sp³-hybridized carbons (Fsp3) is 0.625. The molecule has 2 aliphatic carbocycles. The molecule has 0 spiro atoms. The Bertz CT molecular complexity index is 415. The van der Waals surface area contributed by atoms with Crippen LogP contribution in [-0.2, 0) is 4.74 Å². The molecule has 1 aromatic carbocycles. The van der Waals surface area contributed by atoms with E-state index in [0.717, 1.165) is 18.8 Å². The molecule has 0 radical (unpaired) electrons. The summed E-state index contributed by atoms with van der Waals surface area (Å²) in [5.41, 5.74) is 1.23. The molecule has 0 bridgehead atoms. The molecule has 2 aliphatic rings. The number of hydrogen-bond donors (Lipinski definition) is 1. The minimum atomic E-state index is -0.154. The van der Waals surface area contributed by atoms with Crippen LogP contribution in [0.5, 0.6) is 0 Å². The Hall–Kier alpha value is -0.930. The molecule has 3 unspecified atom stereocenters. The van der Waals surface area contributed by atoms with Crippen LogP contribution in [0.15, 0.2) is 24.3 Å². The summed E-state index contributed by atoms with van der Waals surface area (Å²) >= 11 is 0. The summed E-state index contributed by atoms with van der Waals surface area (Å²) in [6.07, 6.45) is 6.41. The van der Waals surface area contributed by atoms with Gasteiger partial charge in [-0.05, 0) is 55.7 Å². The van der Waals surface area contributed by atoms with Gasteiger partial charge in [-0.1, -0.05) is 12.1 Å². The van der Waals surface area contributed by atoms with E-state index in [1.807, 2.05) is 12.1 Å². The summed E-state index contributed by atoms with van der Waals surface area (Å²) in [6.45, 7) is 0. The molecular formula is C16H22FNO. The molecule has 2 fully saturated rings. The zero-order valence-corrected chi connectivity index (χ0v) is 11.4. The second kappa shape index (κ2) is 5.59. The minimum Gasteiger partial charge on any atom is -0.381 e. The topological polar surface area (TPSA) is 21.3 Å². The average Bonchev–Trinajstić information content (AvgIpc) is 3.17. The molecule has 3 atom stereocenters. The summed E-state index contributed by atoms with van der Waals surface area (Å²) in [5.74, 6) is 0.575. The van der Waals surface area contributed by atoms with Gasteiger partial charge in [0.25, 0.3) is 0 Å². The van der Waals surface area contributed by atoms with E-state index in [-0.39, 0.29) is 5.82 Å². The zero-order chi connectivity index (χ0) is 13.2. The number of rotatable bonds is 5. The van der Waals surface area contributed by atoms with Crippen LogP contribution in [0.1, 0.15) is 43.7 Å².